The first-order chi connectivity index (χ1) is 15.9. The minimum absolute atomic E-state index is 0.0774. The van der Waals surface area contributed by atoms with Crippen molar-refractivity contribution in [2.75, 3.05) is 13.7 Å². The molecule has 2 heterocycles. The quantitative estimate of drug-likeness (QED) is 0.501. The number of methoxy groups -OCH3 is 1. The van der Waals surface area contributed by atoms with Crippen LogP contribution in [-0.4, -0.2) is 53.2 Å². The van der Waals surface area contributed by atoms with Crippen LogP contribution in [0.15, 0.2) is 54.6 Å². The lowest BCUT2D eigenvalue weighted by Gasteiger charge is -2.31. The van der Waals surface area contributed by atoms with Gasteiger partial charge in [0, 0.05) is 19.4 Å². The molecule has 0 bridgehead atoms. The Kier molecular flexibility index (Phi) is 6.31. The highest BCUT2D eigenvalue weighted by atomic mass is 16.5. The van der Waals surface area contributed by atoms with E-state index in [-0.39, 0.29) is 37.1 Å². The number of carbonyl (C=O) groups is 4. The third-order valence-electron chi connectivity index (χ3n) is 6.75. The van der Waals surface area contributed by atoms with Gasteiger partial charge in [-0.3, -0.25) is 19.3 Å². The second-order valence-corrected chi connectivity index (χ2v) is 8.79. The number of esters is 1. The number of benzene rings is 2. The molecule has 1 unspecified atom stereocenters. The summed E-state index contributed by atoms with van der Waals surface area (Å²) in [5, 5.41) is 0. The van der Waals surface area contributed by atoms with Crippen molar-refractivity contribution in [3.05, 3.63) is 71.3 Å². The Morgan fingerprint density at radius 3 is 2.45 bits per heavy atom. The molecule has 7 nitrogen and oxygen atoms in total. The first-order valence-electron chi connectivity index (χ1n) is 11.2. The van der Waals surface area contributed by atoms with Gasteiger partial charge in [-0.15, -0.1) is 0 Å². The highest BCUT2D eigenvalue weighted by molar-refractivity contribution is 6.11. The molecule has 2 aliphatic rings. The van der Waals surface area contributed by atoms with E-state index >= 15 is 0 Å². The summed E-state index contributed by atoms with van der Waals surface area (Å²) in [7, 11) is 1.30. The lowest BCUT2D eigenvalue weighted by Crippen LogP contribution is -2.46. The van der Waals surface area contributed by atoms with E-state index < -0.39 is 17.4 Å². The number of aryl methyl sites for hydroxylation is 1. The molecule has 2 fully saturated rings. The van der Waals surface area contributed by atoms with Crippen LogP contribution in [0.25, 0.3) is 0 Å². The summed E-state index contributed by atoms with van der Waals surface area (Å²) in [5.74, 6) is -1.43. The van der Waals surface area contributed by atoms with Gasteiger partial charge in [0.2, 0.25) is 17.7 Å². The lowest BCUT2D eigenvalue weighted by atomic mass is 9.74. The summed E-state index contributed by atoms with van der Waals surface area (Å²) < 4.78 is 4.87. The third kappa shape index (κ3) is 4.15. The van der Waals surface area contributed by atoms with Crippen molar-refractivity contribution in [3.8, 4) is 0 Å². The van der Waals surface area contributed by atoms with Crippen LogP contribution in [0.4, 0.5) is 0 Å². The average molecular weight is 449 g/mol. The molecule has 7 heteroatoms. The Balaban J connectivity index is 1.69. The van der Waals surface area contributed by atoms with Gasteiger partial charge in [-0.1, -0.05) is 54.6 Å². The molecule has 4 rings (SSSR count). The summed E-state index contributed by atoms with van der Waals surface area (Å²) in [5.41, 5.74) is 1.08. The number of ether oxygens (including phenoxy) is 1. The molecule has 2 aliphatic heterocycles. The number of hydrogen-bond acceptors (Lipinski definition) is 5. The summed E-state index contributed by atoms with van der Waals surface area (Å²) in [6, 6.07) is 16.1. The first-order valence-corrected chi connectivity index (χ1v) is 11.2. The maximum atomic E-state index is 13.9. The second-order valence-electron chi connectivity index (χ2n) is 8.79. The zero-order chi connectivity index (χ0) is 23.6. The van der Waals surface area contributed by atoms with Crippen LogP contribution in [-0.2, 0) is 35.9 Å². The minimum atomic E-state index is -1.29. The van der Waals surface area contributed by atoms with Gasteiger partial charge in [0.1, 0.15) is 6.04 Å². The maximum Gasteiger partial charge on any atom is 0.328 e. The summed E-state index contributed by atoms with van der Waals surface area (Å²) in [6.07, 6.45) is 0.978. The number of amides is 3. The number of likely N-dealkylation sites (tertiary alicyclic amines) is 2. The van der Waals surface area contributed by atoms with Gasteiger partial charge in [-0.25, -0.2) is 4.79 Å². The van der Waals surface area contributed by atoms with Gasteiger partial charge in [-0.05, 0) is 36.5 Å². The molecule has 2 aromatic rings. The van der Waals surface area contributed by atoms with Crippen molar-refractivity contribution in [1.82, 2.24) is 9.80 Å². The third-order valence-corrected chi connectivity index (χ3v) is 6.75. The van der Waals surface area contributed by atoms with Crippen LogP contribution >= 0.6 is 0 Å². The van der Waals surface area contributed by atoms with Crippen LogP contribution in [0, 0.1) is 6.92 Å². The molecule has 2 atom stereocenters. The molecule has 3 amide bonds. The molecule has 2 aromatic carbocycles. The van der Waals surface area contributed by atoms with Crippen LogP contribution in [0.5, 0.6) is 0 Å². The Bertz CT molecular complexity index is 1080. The molecular weight excluding hydrogens is 420 g/mol. The largest absolute Gasteiger partial charge is 0.467 e. The topological polar surface area (TPSA) is 84.0 Å². The Morgan fingerprint density at radius 1 is 1.06 bits per heavy atom. The number of imide groups is 1. The zero-order valence-electron chi connectivity index (χ0n) is 19.0. The molecule has 0 radical (unpaired) electrons. The second kappa shape index (κ2) is 9.17. The van der Waals surface area contributed by atoms with Crippen LogP contribution in [0.3, 0.4) is 0 Å². The fraction of sp³-hybridized carbons (Fsp3) is 0.385. The highest BCUT2D eigenvalue weighted by Gasteiger charge is 2.55. The molecule has 33 heavy (non-hydrogen) atoms. The highest BCUT2D eigenvalue weighted by Crippen LogP contribution is 2.42. The SMILES string of the molecule is COC(=O)[C@@H]1CCCN1C(=O)CC1(c2ccccc2C)CC(=O)N(Cc2ccccc2)C1=O. The monoisotopic (exact) mass is 448 g/mol. The Hall–Kier alpha value is -3.48. The molecule has 0 saturated carbocycles. The molecule has 0 N–H and O–H groups in total. The van der Waals surface area contributed by atoms with E-state index in [1.807, 2.05) is 61.5 Å². The number of carbonyl (C=O) groups excluding carboxylic acids is 4. The van der Waals surface area contributed by atoms with Crippen LogP contribution in [0.2, 0.25) is 0 Å². The van der Waals surface area contributed by atoms with Gasteiger partial charge in [0.05, 0.1) is 19.1 Å². The van der Waals surface area contributed by atoms with Gasteiger partial charge < -0.3 is 9.64 Å². The molecule has 2 saturated heterocycles. The van der Waals surface area contributed by atoms with E-state index in [0.717, 1.165) is 11.1 Å². The summed E-state index contributed by atoms with van der Waals surface area (Å²) in [4.78, 5) is 55.4. The standard InChI is InChI=1S/C26H28N2O5/c1-18-9-6-7-12-20(18)26(15-22(29)27-14-8-13-21(27)24(31)33-2)16-23(30)28(25(26)32)17-19-10-4-3-5-11-19/h3-7,9-12,21H,8,13-17H2,1-2H3/t21-,26?/m0/s1. The molecule has 0 spiro atoms. The maximum absolute atomic E-state index is 13.9. The lowest BCUT2D eigenvalue weighted by molar-refractivity contribution is -0.151. The predicted molar refractivity (Wildman–Crippen MR) is 121 cm³/mol. The minimum Gasteiger partial charge on any atom is -0.467 e. The predicted octanol–water partition coefficient (Wildman–Crippen LogP) is 2.75. The molecular formula is C26H28N2O5. The van der Waals surface area contributed by atoms with Gasteiger partial charge in [0.25, 0.3) is 0 Å². The Morgan fingerprint density at radius 2 is 1.76 bits per heavy atom. The fourth-order valence-corrected chi connectivity index (χ4v) is 5.09. The first kappa shape index (κ1) is 22.7. The van der Waals surface area contributed by atoms with Crippen molar-refractivity contribution < 1.29 is 23.9 Å². The van der Waals surface area contributed by atoms with E-state index in [2.05, 4.69) is 0 Å². The smallest absolute Gasteiger partial charge is 0.328 e. The molecule has 0 aliphatic carbocycles. The fourth-order valence-electron chi connectivity index (χ4n) is 5.09. The van der Waals surface area contributed by atoms with Crippen molar-refractivity contribution >= 4 is 23.7 Å². The number of rotatable bonds is 6. The van der Waals surface area contributed by atoms with E-state index in [9.17, 15) is 19.2 Å². The van der Waals surface area contributed by atoms with Crippen molar-refractivity contribution in [2.45, 2.75) is 50.6 Å². The van der Waals surface area contributed by atoms with Crippen molar-refractivity contribution in [3.63, 3.8) is 0 Å². The van der Waals surface area contributed by atoms with Crippen LogP contribution < -0.4 is 0 Å². The van der Waals surface area contributed by atoms with Gasteiger partial charge in [-0.2, -0.15) is 0 Å². The van der Waals surface area contributed by atoms with E-state index in [4.69, 9.17) is 4.74 Å². The molecule has 172 valence electrons. The average Bonchev–Trinajstić information content (AvgIpc) is 3.40. The van der Waals surface area contributed by atoms with Gasteiger partial charge in [0.15, 0.2) is 0 Å². The Labute approximate surface area is 193 Å². The van der Waals surface area contributed by atoms with E-state index in [1.54, 1.807) is 0 Å². The van der Waals surface area contributed by atoms with Crippen molar-refractivity contribution in [2.24, 2.45) is 0 Å². The van der Waals surface area contributed by atoms with Crippen molar-refractivity contribution in [1.29, 1.82) is 0 Å². The van der Waals surface area contributed by atoms with E-state index in [1.165, 1.54) is 16.9 Å². The number of nitrogens with zero attached hydrogens (tertiary/aromatic N) is 2. The van der Waals surface area contributed by atoms with Gasteiger partial charge >= 0.3 is 5.97 Å². The summed E-state index contributed by atoms with van der Waals surface area (Å²) in [6.45, 7) is 2.47. The molecule has 0 aromatic heterocycles. The van der Waals surface area contributed by atoms with Crippen LogP contribution in [0.1, 0.15) is 42.4 Å². The zero-order valence-corrected chi connectivity index (χ0v) is 19.0. The normalized spacial score (nSPS) is 22.7. The summed E-state index contributed by atoms with van der Waals surface area (Å²) >= 11 is 0. The number of hydrogen-bond donors (Lipinski definition) is 0. The van der Waals surface area contributed by atoms with E-state index in [0.29, 0.717) is 24.9 Å².